The Kier molecular flexibility index (Phi) is 3.90. The molecular weight excluding hydrogens is 178 g/mol. The van der Waals surface area contributed by atoms with E-state index in [1.54, 1.807) is 11.8 Å². The predicted octanol–water partition coefficient (Wildman–Crippen LogP) is 3.38. The minimum absolute atomic E-state index is 0.820. The number of thioether (sulfide) groups is 1. The van der Waals surface area contributed by atoms with Crippen molar-refractivity contribution in [1.82, 2.24) is 0 Å². The van der Waals surface area contributed by atoms with Crippen LogP contribution in [0.5, 0.6) is 0 Å². The van der Waals surface area contributed by atoms with Crippen LogP contribution in [0.4, 0.5) is 5.69 Å². The third-order valence-electron chi connectivity index (χ3n) is 1.80. The van der Waals surface area contributed by atoms with Crippen LogP contribution in [0.15, 0.2) is 30.3 Å². The Morgan fingerprint density at radius 2 is 2.00 bits per heavy atom. The normalized spacial score (nSPS) is 11.7. The quantitative estimate of drug-likeness (QED) is 0.745. The molecule has 2 heteroatoms. The Hall–Kier alpha value is -0.890. The maximum absolute atomic E-state index is 5.62. The molecule has 0 atom stereocenters. The van der Waals surface area contributed by atoms with E-state index in [1.165, 1.54) is 10.5 Å². The van der Waals surface area contributed by atoms with Crippen LogP contribution in [-0.2, 0) is 0 Å². The second-order valence-electron chi connectivity index (χ2n) is 2.80. The number of benzene rings is 1. The number of hydrogen-bond donors (Lipinski definition) is 1. The first-order valence-electron chi connectivity index (χ1n) is 4.38. The number of rotatable bonds is 3. The zero-order chi connectivity index (χ0) is 9.68. The number of allylic oxidation sites excluding steroid dienone is 1. The molecule has 13 heavy (non-hydrogen) atoms. The summed E-state index contributed by atoms with van der Waals surface area (Å²) in [6.45, 7) is 2.15. The van der Waals surface area contributed by atoms with Gasteiger partial charge in [-0.2, -0.15) is 0 Å². The van der Waals surface area contributed by atoms with Gasteiger partial charge in [-0.25, -0.2) is 0 Å². The molecule has 0 bridgehead atoms. The lowest BCUT2D eigenvalue weighted by Crippen LogP contribution is -1.85. The van der Waals surface area contributed by atoms with Crippen LogP contribution in [0, 0.1) is 0 Å². The molecule has 2 N–H and O–H groups in total. The van der Waals surface area contributed by atoms with E-state index in [0.29, 0.717) is 0 Å². The highest BCUT2D eigenvalue weighted by molar-refractivity contribution is 8.07. The average molecular weight is 193 g/mol. The van der Waals surface area contributed by atoms with Crippen molar-refractivity contribution in [3.8, 4) is 0 Å². The summed E-state index contributed by atoms with van der Waals surface area (Å²) in [6.07, 6.45) is 5.40. The second kappa shape index (κ2) is 4.97. The fourth-order valence-electron chi connectivity index (χ4n) is 1.15. The SMILES string of the molecule is CC/C=C(\SC)c1ccc(N)cc1. The third kappa shape index (κ3) is 2.81. The van der Waals surface area contributed by atoms with E-state index < -0.39 is 0 Å². The molecule has 0 aliphatic heterocycles. The van der Waals surface area contributed by atoms with Crippen molar-refractivity contribution in [2.75, 3.05) is 12.0 Å². The van der Waals surface area contributed by atoms with Gasteiger partial charge < -0.3 is 5.73 Å². The summed E-state index contributed by atoms with van der Waals surface area (Å²) in [7, 11) is 0. The van der Waals surface area contributed by atoms with Crippen molar-refractivity contribution in [1.29, 1.82) is 0 Å². The fraction of sp³-hybridized carbons (Fsp3) is 0.273. The van der Waals surface area contributed by atoms with E-state index >= 15 is 0 Å². The predicted molar refractivity (Wildman–Crippen MR) is 62.6 cm³/mol. The summed E-state index contributed by atoms with van der Waals surface area (Å²) in [5.74, 6) is 0. The topological polar surface area (TPSA) is 26.0 Å². The molecule has 0 saturated carbocycles. The smallest absolute Gasteiger partial charge is 0.0314 e. The molecule has 0 aromatic heterocycles. The first kappa shape index (κ1) is 10.2. The summed E-state index contributed by atoms with van der Waals surface area (Å²) in [6, 6.07) is 8.00. The standard InChI is InChI=1S/C11H15NS/c1-3-4-11(13-2)9-5-7-10(12)8-6-9/h4-8H,3,12H2,1-2H3/b11-4-. The zero-order valence-electron chi connectivity index (χ0n) is 8.08. The van der Waals surface area contributed by atoms with E-state index in [4.69, 9.17) is 5.73 Å². The molecule has 0 spiro atoms. The molecule has 70 valence electrons. The number of hydrogen-bond acceptors (Lipinski definition) is 2. The average Bonchev–Trinajstić information content (AvgIpc) is 2.16. The van der Waals surface area contributed by atoms with Gasteiger partial charge in [0.15, 0.2) is 0 Å². The van der Waals surface area contributed by atoms with Crippen LogP contribution in [0.25, 0.3) is 4.91 Å². The van der Waals surface area contributed by atoms with Crippen LogP contribution in [0.2, 0.25) is 0 Å². The lowest BCUT2D eigenvalue weighted by Gasteiger charge is -2.03. The van der Waals surface area contributed by atoms with Crippen molar-refractivity contribution < 1.29 is 0 Å². The fourth-order valence-corrected chi connectivity index (χ4v) is 1.86. The van der Waals surface area contributed by atoms with E-state index in [0.717, 1.165) is 12.1 Å². The minimum Gasteiger partial charge on any atom is -0.399 e. The van der Waals surface area contributed by atoms with Crippen molar-refractivity contribution in [2.24, 2.45) is 0 Å². The van der Waals surface area contributed by atoms with Gasteiger partial charge in [0.1, 0.15) is 0 Å². The summed E-state index contributed by atoms with van der Waals surface area (Å²) in [5.41, 5.74) is 7.69. The first-order valence-corrected chi connectivity index (χ1v) is 5.60. The minimum atomic E-state index is 0.820. The molecule has 0 fully saturated rings. The maximum Gasteiger partial charge on any atom is 0.0314 e. The monoisotopic (exact) mass is 193 g/mol. The molecule has 0 radical (unpaired) electrons. The highest BCUT2D eigenvalue weighted by Gasteiger charge is 1.97. The van der Waals surface area contributed by atoms with Gasteiger partial charge in [0.25, 0.3) is 0 Å². The molecule has 0 saturated heterocycles. The van der Waals surface area contributed by atoms with Gasteiger partial charge in [0.2, 0.25) is 0 Å². The van der Waals surface area contributed by atoms with E-state index in [9.17, 15) is 0 Å². The molecule has 0 aliphatic carbocycles. The van der Waals surface area contributed by atoms with E-state index in [1.807, 2.05) is 12.1 Å². The van der Waals surface area contributed by atoms with E-state index in [2.05, 4.69) is 31.4 Å². The number of anilines is 1. The van der Waals surface area contributed by atoms with Gasteiger partial charge in [0, 0.05) is 10.6 Å². The van der Waals surface area contributed by atoms with Crippen molar-refractivity contribution >= 4 is 22.4 Å². The molecule has 0 aliphatic rings. The van der Waals surface area contributed by atoms with Gasteiger partial charge >= 0.3 is 0 Å². The first-order chi connectivity index (χ1) is 6.27. The Morgan fingerprint density at radius 3 is 2.46 bits per heavy atom. The zero-order valence-corrected chi connectivity index (χ0v) is 8.90. The molecule has 1 rings (SSSR count). The van der Waals surface area contributed by atoms with Crippen molar-refractivity contribution in [3.63, 3.8) is 0 Å². The molecular formula is C11H15NS. The molecule has 1 aromatic carbocycles. The molecule has 0 unspecified atom stereocenters. The maximum atomic E-state index is 5.62. The third-order valence-corrected chi connectivity index (χ3v) is 2.65. The number of nitrogen functional groups attached to an aromatic ring is 1. The lowest BCUT2D eigenvalue weighted by molar-refractivity contribution is 1.23. The van der Waals surface area contributed by atoms with Crippen LogP contribution in [0.1, 0.15) is 18.9 Å². The van der Waals surface area contributed by atoms with Crippen molar-refractivity contribution in [3.05, 3.63) is 35.9 Å². The summed E-state index contributed by atoms with van der Waals surface area (Å²) >= 11 is 1.77. The Labute approximate surface area is 84.0 Å². The Balaban J connectivity index is 2.92. The molecule has 0 amide bonds. The Bertz CT molecular complexity index is 287. The lowest BCUT2D eigenvalue weighted by atomic mass is 10.2. The summed E-state index contributed by atoms with van der Waals surface area (Å²) in [5, 5.41) is 0. The highest BCUT2D eigenvalue weighted by atomic mass is 32.2. The van der Waals surface area contributed by atoms with Crippen LogP contribution < -0.4 is 5.73 Å². The van der Waals surface area contributed by atoms with Gasteiger partial charge in [-0.1, -0.05) is 25.1 Å². The van der Waals surface area contributed by atoms with Gasteiger partial charge in [-0.3, -0.25) is 0 Å². The molecule has 0 heterocycles. The number of nitrogens with two attached hydrogens (primary N) is 1. The van der Waals surface area contributed by atoms with Gasteiger partial charge in [-0.15, -0.1) is 11.8 Å². The summed E-state index contributed by atoms with van der Waals surface area (Å²) < 4.78 is 0. The second-order valence-corrected chi connectivity index (χ2v) is 3.65. The Morgan fingerprint density at radius 1 is 1.38 bits per heavy atom. The van der Waals surface area contributed by atoms with E-state index in [-0.39, 0.29) is 0 Å². The van der Waals surface area contributed by atoms with Gasteiger partial charge in [-0.05, 0) is 30.4 Å². The molecule has 1 aromatic rings. The summed E-state index contributed by atoms with van der Waals surface area (Å²) in [4.78, 5) is 1.32. The largest absolute Gasteiger partial charge is 0.399 e. The van der Waals surface area contributed by atoms with Crippen LogP contribution >= 0.6 is 11.8 Å². The highest BCUT2D eigenvalue weighted by Crippen LogP contribution is 2.25. The van der Waals surface area contributed by atoms with Crippen LogP contribution in [-0.4, -0.2) is 6.26 Å². The van der Waals surface area contributed by atoms with Crippen molar-refractivity contribution in [2.45, 2.75) is 13.3 Å². The van der Waals surface area contributed by atoms with Gasteiger partial charge in [0.05, 0.1) is 0 Å². The molecule has 1 nitrogen and oxygen atoms in total. The van der Waals surface area contributed by atoms with Crippen LogP contribution in [0.3, 0.4) is 0 Å².